The third kappa shape index (κ3) is 31.7. The largest absolute Gasteiger partial charge is 0.394 e. The summed E-state index contributed by atoms with van der Waals surface area (Å²) >= 11 is 0. The van der Waals surface area contributed by atoms with E-state index in [0.29, 0.717) is 12.8 Å². The lowest BCUT2D eigenvalue weighted by molar-refractivity contribution is -0.124. The number of hydrogen-bond acceptors (Lipinski definition) is 4. The highest BCUT2D eigenvalue weighted by atomic mass is 16.3. The van der Waals surface area contributed by atoms with Crippen LogP contribution in [0.5, 0.6) is 0 Å². The van der Waals surface area contributed by atoms with E-state index < -0.39 is 18.2 Å². The summed E-state index contributed by atoms with van der Waals surface area (Å²) in [6.07, 6.45) is 41.6. The van der Waals surface area contributed by atoms with Gasteiger partial charge in [-0.25, -0.2) is 0 Å². The molecule has 3 unspecified atom stereocenters. The third-order valence-corrected chi connectivity index (χ3v) is 9.62. The van der Waals surface area contributed by atoms with Crippen molar-refractivity contribution in [2.75, 3.05) is 6.61 Å². The number of carbonyl (C=O) groups excluding carboxylic acids is 1. The number of aliphatic hydroxyl groups excluding tert-OH is 3. The molecule has 1 amide bonds. The van der Waals surface area contributed by atoms with Crippen molar-refractivity contribution in [2.24, 2.45) is 0 Å². The van der Waals surface area contributed by atoms with E-state index in [2.05, 4.69) is 31.3 Å². The quantitative estimate of drug-likeness (QED) is 0.0397. The maximum absolute atomic E-state index is 12.4. The van der Waals surface area contributed by atoms with Crippen molar-refractivity contribution >= 4 is 5.91 Å². The van der Waals surface area contributed by atoms with E-state index in [0.717, 1.165) is 44.9 Å². The van der Waals surface area contributed by atoms with E-state index in [1.54, 1.807) is 0 Å². The first kappa shape index (κ1) is 45.1. The van der Waals surface area contributed by atoms with Crippen molar-refractivity contribution in [2.45, 2.75) is 238 Å². The maximum atomic E-state index is 12.4. The summed E-state index contributed by atoms with van der Waals surface area (Å²) in [6.45, 7) is 4.17. The summed E-state index contributed by atoms with van der Waals surface area (Å²) in [5.41, 5.74) is 0. The second-order valence-corrected chi connectivity index (χ2v) is 14.2. The minimum absolute atomic E-state index is 0.152. The number of allylic oxidation sites excluding steroid dienone is 2. The van der Waals surface area contributed by atoms with Crippen molar-refractivity contribution in [3.8, 4) is 0 Å². The van der Waals surface area contributed by atoms with Crippen molar-refractivity contribution in [3.05, 3.63) is 12.2 Å². The normalized spacial score (nSPS) is 13.8. The highest BCUT2D eigenvalue weighted by Gasteiger charge is 2.26. The minimum Gasteiger partial charge on any atom is -0.394 e. The Labute approximate surface area is 287 Å². The molecule has 0 radical (unpaired) electrons. The molecule has 0 saturated heterocycles. The lowest BCUT2D eigenvalue weighted by atomic mass is 9.99. The predicted octanol–water partition coefficient (Wildman–Crippen LogP) is 11.3. The molecule has 46 heavy (non-hydrogen) atoms. The summed E-state index contributed by atoms with van der Waals surface area (Å²) in [7, 11) is 0. The molecule has 0 rings (SSSR count). The highest BCUT2D eigenvalue weighted by Crippen LogP contribution is 2.16. The highest BCUT2D eigenvalue weighted by molar-refractivity contribution is 5.76. The van der Waals surface area contributed by atoms with Crippen LogP contribution < -0.4 is 5.32 Å². The maximum Gasteiger partial charge on any atom is 0.220 e. The Morgan fingerprint density at radius 3 is 1.26 bits per heavy atom. The molecule has 0 aliphatic carbocycles. The zero-order valence-corrected chi connectivity index (χ0v) is 31.0. The first-order valence-electron chi connectivity index (χ1n) is 20.5. The molecule has 274 valence electrons. The number of hydrogen-bond donors (Lipinski definition) is 4. The molecule has 0 aliphatic rings. The van der Waals surface area contributed by atoms with E-state index in [1.807, 2.05) is 0 Å². The molecule has 4 N–H and O–H groups in total. The van der Waals surface area contributed by atoms with Gasteiger partial charge in [0.1, 0.15) is 6.10 Å². The fourth-order valence-corrected chi connectivity index (χ4v) is 6.39. The first-order chi connectivity index (χ1) is 22.6. The zero-order valence-electron chi connectivity index (χ0n) is 31.0. The molecular formula is C41H81NO4. The molecule has 0 fully saturated rings. The van der Waals surface area contributed by atoms with Crippen LogP contribution in [0.4, 0.5) is 0 Å². The average molecular weight is 652 g/mol. The summed E-state index contributed by atoms with van der Waals surface area (Å²) in [4.78, 5) is 12.4. The summed E-state index contributed by atoms with van der Waals surface area (Å²) in [6, 6.07) is -0.809. The van der Waals surface area contributed by atoms with E-state index in [-0.39, 0.29) is 12.5 Å². The van der Waals surface area contributed by atoms with E-state index in [4.69, 9.17) is 0 Å². The van der Waals surface area contributed by atoms with E-state index in [9.17, 15) is 20.1 Å². The van der Waals surface area contributed by atoms with Crippen LogP contribution in [0.25, 0.3) is 0 Å². The van der Waals surface area contributed by atoms with Gasteiger partial charge < -0.3 is 20.6 Å². The van der Waals surface area contributed by atoms with Gasteiger partial charge in [-0.3, -0.25) is 4.79 Å². The Hall–Kier alpha value is -0.910. The van der Waals surface area contributed by atoms with Crippen molar-refractivity contribution < 1.29 is 20.1 Å². The summed E-state index contributed by atoms with van der Waals surface area (Å²) in [5, 5.41) is 33.4. The smallest absolute Gasteiger partial charge is 0.220 e. The number of rotatable bonds is 37. The summed E-state index contributed by atoms with van der Waals surface area (Å²) in [5.74, 6) is -0.152. The molecule has 0 aliphatic heterocycles. The number of carbonyl (C=O) groups is 1. The molecule has 0 spiro atoms. The molecule has 0 bridgehead atoms. The number of aliphatic hydroxyl groups is 3. The van der Waals surface area contributed by atoms with Crippen LogP contribution in [0.1, 0.15) is 219 Å². The molecule has 3 atom stereocenters. The SMILES string of the molecule is CCCCCCCCCCC/C=C\CCCCCCCC(=O)NC(CO)C(O)C(O)CCCCCCCCCCCCCCCC. The van der Waals surface area contributed by atoms with Gasteiger partial charge in [0, 0.05) is 6.42 Å². The molecule has 0 aromatic carbocycles. The van der Waals surface area contributed by atoms with Gasteiger partial charge in [-0.05, 0) is 38.5 Å². The van der Waals surface area contributed by atoms with Crippen LogP contribution in [-0.4, -0.2) is 46.1 Å². The Morgan fingerprint density at radius 2 is 0.870 bits per heavy atom. The number of amides is 1. The van der Waals surface area contributed by atoms with Crippen LogP contribution in [0.2, 0.25) is 0 Å². The van der Waals surface area contributed by atoms with Gasteiger partial charge in [0.15, 0.2) is 0 Å². The van der Waals surface area contributed by atoms with Crippen molar-refractivity contribution in [1.29, 1.82) is 0 Å². The fraction of sp³-hybridized carbons (Fsp3) is 0.927. The second-order valence-electron chi connectivity index (χ2n) is 14.2. The van der Waals surface area contributed by atoms with E-state index >= 15 is 0 Å². The fourth-order valence-electron chi connectivity index (χ4n) is 6.39. The predicted molar refractivity (Wildman–Crippen MR) is 199 cm³/mol. The van der Waals surface area contributed by atoms with Crippen LogP contribution >= 0.6 is 0 Å². The molecule has 0 heterocycles. The summed E-state index contributed by atoms with van der Waals surface area (Å²) < 4.78 is 0. The zero-order chi connectivity index (χ0) is 33.8. The average Bonchev–Trinajstić information content (AvgIpc) is 3.06. The van der Waals surface area contributed by atoms with Crippen LogP contribution in [0, 0.1) is 0 Å². The number of nitrogens with one attached hydrogen (secondary N) is 1. The number of unbranched alkanes of at least 4 members (excludes halogenated alkanes) is 27. The van der Waals surface area contributed by atoms with Gasteiger partial charge in [0.05, 0.1) is 18.8 Å². The molecule has 5 heteroatoms. The lowest BCUT2D eigenvalue weighted by Crippen LogP contribution is -2.50. The molecule has 0 saturated carbocycles. The molecular weight excluding hydrogens is 570 g/mol. The topological polar surface area (TPSA) is 89.8 Å². The van der Waals surface area contributed by atoms with Gasteiger partial charge in [0.25, 0.3) is 0 Å². The van der Waals surface area contributed by atoms with Crippen LogP contribution in [0.15, 0.2) is 12.2 Å². The van der Waals surface area contributed by atoms with Crippen molar-refractivity contribution in [3.63, 3.8) is 0 Å². The van der Waals surface area contributed by atoms with Gasteiger partial charge in [0.2, 0.25) is 5.91 Å². The Kier molecular flexibility index (Phi) is 36.2. The first-order valence-corrected chi connectivity index (χ1v) is 20.5. The van der Waals surface area contributed by atoms with Crippen LogP contribution in [-0.2, 0) is 4.79 Å². The Balaban J connectivity index is 3.65. The third-order valence-electron chi connectivity index (χ3n) is 9.62. The van der Waals surface area contributed by atoms with Gasteiger partial charge >= 0.3 is 0 Å². The second kappa shape index (κ2) is 36.9. The van der Waals surface area contributed by atoms with Gasteiger partial charge in [-0.1, -0.05) is 187 Å². The molecule has 0 aromatic rings. The lowest BCUT2D eigenvalue weighted by Gasteiger charge is -2.26. The molecule has 5 nitrogen and oxygen atoms in total. The van der Waals surface area contributed by atoms with Gasteiger partial charge in [-0.2, -0.15) is 0 Å². The van der Waals surface area contributed by atoms with Gasteiger partial charge in [-0.15, -0.1) is 0 Å². The molecule has 0 aromatic heterocycles. The van der Waals surface area contributed by atoms with Crippen molar-refractivity contribution in [1.82, 2.24) is 5.32 Å². The standard InChI is InChI=1S/C41H81NO4/c1-3-5-7-9-11-13-15-17-19-20-21-22-24-26-28-30-32-34-36-40(45)42-38(37-43)41(46)39(44)35-33-31-29-27-25-23-18-16-14-12-10-8-6-4-2/h21-22,38-39,41,43-44,46H,3-20,23-37H2,1-2H3,(H,42,45)/b22-21-. The van der Waals surface area contributed by atoms with E-state index in [1.165, 1.54) is 148 Å². The van der Waals surface area contributed by atoms with Crippen LogP contribution in [0.3, 0.4) is 0 Å². The monoisotopic (exact) mass is 652 g/mol. The Morgan fingerprint density at radius 1 is 0.522 bits per heavy atom. The Bertz CT molecular complexity index is 640. The minimum atomic E-state index is -1.13.